The van der Waals surface area contributed by atoms with E-state index in [1.807, 2.05) is 50.7 Å². The molecule has 43 heteroatoms. The van der Waals surface area contributed by atoms with Crippen molar-refractivity contribution in [2.24, 2.45) is 21.7 Å². The number of ether oxygens (including phenoxy) is 9. The first kappa shape index (κ1) is 98.7. The van der Waals surface area contributed by atoms with Crippen molar-refractivity contribution >= 4 is 95.8 Å². The molecule has 4 bridgehead atoms. The molecule has 10 N–H and O–H groups in total. The minimum absolute atomic E-state index is 0.0832. The van der Waals surface area contributed by atoms with Crippen LogP contribution in [0.5, 0.6) is 0 Å². The summed E-state index contributed by atoms with van der Waals surface area (Å²) in [6.07, 6.45) is 8.47. The molecule has 7 aromatic heterocycles. The standard InChI is InChI=1S/C21H36N5O5PS.C20H32N5O6P.C20H31N5O3.C18H31N2O7PS/c1-19(2,3)11-21(8-9-28-7)14(30-32(27,33)31-20(4,5)6)10-15(29-21)26-13-25-16-17(22)23-12-24-18(16)26;1-18(2,3)9-20-7-8-28-13(14(20)30-32(26,27)31-19(4,5)6)17(29-20)25-11-24-12-15(21)22-10-23-16(12)25;1-18(2,3)9-20-7-8-26-13(14(20)27-19(4,5)6)17(28-20)25-11-24-12-15(21)22-10-23-16(12)25;1-17(2,3)10-11-13(26-28(23,29)27-18(4,5)6)14(24-7)15(25-11)20-9-8-12(21)19-16(20)22/h12-15H,8-11H2,1-7H3,(H,27,33)(H2,22,23,24);10-11,13-14,17H,7-9H2,1-6H3,(H,26,27)(H2,21,22,23);10-11,13-14,17H,7-9H2,1-6H3,(H2,21,22,23);8-9,11,13-15H,10H2,1-7H3,(H,23,29)(H,19,21,22)/t14-,15-,21-,32?;2*13?,14-,17-,20-;11-,13+,14?,15-,28?/m1111/s1. The van der Waals surface area contributed by atoms with Crippen LogP contribution < -0.4 is 28.5 Å². The van der Waals surface area contributed by atoms with Crippen LogP contribution in [0.3, 0.4) is 0 Å². The van der Waals surface area contributed by atoms with Crippen molar-refractivity contribution < 1.29 is 89.0 Å². The zero-order chi connectivity index (χ0) is 90.7. The summed E-state index contributed by atoms with van der Waals surface area (Å²) >= 11 is 10.6. The van der Waals surface area contributed by atoms with Gasteiger partial charge in [-0.2, -0.15) is 0 Å². The van der Waals surface area contributed by atoms with Gasteiger partial charge in [0.1, 0.15) is 101 Å². The van der Waals surface area contributed by atoms with Crippen LogP contribution in [0, 0.1) is 21.7 Å². The molecule has 0 radical (unpaired) electrons. The number of nitrogens with two attached hydrogens (primary N) is 3. The summed E-state index contributed by atoms with van der Waals surface area (Å²) in [6, 6.07) is 1.23. The van der Waals surface area contributed by atoms with Gasteiger partial charge < -0.3 is 88.1 Å². The molecule has 6 unspecified atom stereocenters. The average Bonchev–Trinajstić information content (AvgIpc) is 1.57. The molecule has 0 aliphatic carbocycles. The molecule has 122 heavy (non-hydrogen) atoms. The van der Waals surface area contributed by atoms with E-state index in [0.29, 0.717) is 103 Å². The van der Waals surface area contributed by atoms with E-state index in [0.717, 1.165) is 12.8 Å². The van der Waals surface area contributed by atoms with Crippen molar-refractivity contribution in [1.82, 2.24) is 68.1 Å². The number of H-pyrrole nitrogens is 1. The fourth-order valence-corrected chi connectivity index (χ4v) is 22.6. The number of aromatic amines is 1. The van der Waals surface area contributed by atoms with Gasteiger partial charge in [-0.05, 0) is 154 Å². The highest BCUT2D eigenvalue weighted by molar-refractivity contribution is 8.07. The molecule has 6 saturated heterocycles. The van der Waals surface area contributed by atoms with E-state index in [1.165, 1.54) is 42.9 Å². The smallest absolute Gasteiger partial charge is 0.385 e. The average molecular weight is 1810 g/mol. The molecule has 13 rings (SSSR count). The van der Waals surface area contributed by atoms with E-state index in [4.69, 9.17) is 111 Å². The summed E-state index contributed by atoms with van der Waals surface area (Å²) in [5.74, 6) is 0.915. The van der Waals surface area contributed by atoms with Gasteiger partial charge in [-0.15, -0.1) is 0 Å². The highest BCUT2D eigenvalue weighted by atomic mass is 32.5. The number of rotatable bonds is 22. The second-order valence-electron chi connectivity index (χ2n) is 40.8. The fraction of sp³-hybridized carbons (Fsp3) is 0.759. The molecule has 0 spiro atoms. The second-order valence-corrected chi connectivity index (χ2v) is 47.6. The Hall–Kier alpha value is -5.46. The first-order valence-electron chi connectivity index (χ1n) is 40.8. The van der Waals surface area contributed by atoms with Crippen molar-refractivity contribution in [2.75, 3.05) is 51.2 Å². The Labute approximate surface area is 723 Å². The fourth-order valence-electron chi connectivity index (χ4n) is 16.7. The summed E-state index contributed by atoms with van der Waals surface area (Å²) in [5, 5.41) is 0. The number of methoxy groups -OCH3 is 2. The number of hydrogen-bond donors (Lipinski definition) is 7. The molecule has 6 aliphatic heterocycles. The summed E-state index contributed by atoms with van der Waals surface area (Å²) < 4.78 is 110. The van der Waals surface area contributed by atoms with Crippen LogP contribution in [0.2, 0.25) is 0 Å². The molecule has 18 atom stereocenters. The van der Waals surface area contributed by atoms with Gasteiger partial charge in [0.05, 0.1) is 60.7 Å². The molecule has 6 fully saturated rings. The van der Waals surface area contributed by atoms with Crippen molar-refractivity contribution in [2.45, 2.75) is 330 Å². The lowest BCUT2D eigenvalue weighted by atomic mass is 9.76. The molecule has 0 saturated carbocycles. The van der Waals surface area contributed by atoms with Crippen molar-refractivity contribution in [1.29, 1.82) is 0 Å². The summed E-state index contributed by atoms with van der Waals surface area (Å²) in [4.78, 5) is 96.2. The van der Waals surface area contributed by atoms with Gasteiger partial charge in [-0.1, -0.05) is 83.1 Å². The number of hydrogen-bond acceptors (Lipinski definition) is 32. The molecule has 6 aliphatic rings. The number of nitrogens with zero attached hydrogens (tertiary/aromatic N) is 13. The van der Waals surface area contributed by atoms with E-state index in [-0.39, 0.29) is 51.5 Å². The number of nitrogen functional groups attached to an aromatic ring is 3. The zero-order valence-electron chi connectivity index (χ0n) is 75.2. The SMILES string of the molecule is CC(C)(C)C[C@@]12CCOC([C@H](n3cnc4c(N)ncnc43)O1)[C@H]2OC(C)(C)C.CC(C)(C)C[C@@]12CCOC([C@H](n3cnc4c(N)ncnc43)O1)[C@H]2OP(=O)(O)OC(C)(C)C.COC1[C@@H](OP(O)(=S)OC(C)(C)C)[C@@H](CC(C)(C)C)O[C@H]1n1ccc(=O)[nH]c1=O.COCC[C@]1(CC(C)(C)C)O[C@@H](n2cnc3c(N)ncnc32)C[C@H]1OP(O)(=S)OC(C)(C)C. The largest absolute Gasteiger partial charge is 0.473 e. The zero-order valence-corrected chi connectivity index (χ0v) is 79.5. The lowest BCUT2D eigenvalue weighted by Gasteiger charge is -2.44. The monoisotopic (exact) mass is 1810 g/mol. The topological polar surface area (TPSA) is 480 Å². The maximum absolute atomic E-state index is 12.9. The van der Waals surface area contributed by atoms with E-state index in [1.54, 1.807) is 72.2 Å². The van der Waals surface area contributed by atoms with Crippen LogP contribution >= 0.6 is 21.3 Å². The molecule has 0 amide bonds. The van der Waals surface area contributed by atoms with E-state index in [9.17, 15) is 28.8 Å². The Bertz CT molecular complexity index is 5040. The third kappa shape index (κ3) is 24.9. The van der Waals surface area contributed by atoms with Crippen LogP contribution in [0.25, 0.3) is 33.5 Å². The minimum atomic E-state index is -4.42. The number of phosphoric ester groups is 1. The molecule has 684 valence electrons. The first-order chi connectivity index (χ1) is 56.0. The molecule has 0 aromatic carbocycles. The Morgan fingerprint density at radius 3 is 1.40 bits per heavy atom. The molecule has 38 nitrogen and oxygen atoms in total. The van der Waals surface area contributed by atoms with Gasteiger partial charge >= 0.3 is 26.9 Å². The van der Waals surface area contributed by atoms with E-state index >= 15 is 0 Å². The Morgan fingerprint density at radius 2 is 0.975 bits per heavy atom. The van der Waals surface area contributed by atoms with Crippen molar-refractivity contribution in [3.8, 4) is 0 Å². The third-order valence-corrected chi connectivity index (χ3v) is 24.9. The number of fused-ring (bicyclic) bond motifs is 7. The maximum atomic E-state index is 12.9. The van der Waals surface area contributed by atoms with Crippen LogP contribution in [-0.4, -0.2) is 205 Å². The van der Waals surface area contributed by atoms with Crippen molar-refractivity contribution in [3.05, 3.63) is 71.1 Å². The number of phosphoric acid groups is 1. The molecular formula is C79H130N17O21P3S2. The van der Waals surface area contributed by atoms with E-state index in [2.05, 4.69) is 133 Å². The summed E-state index contributed by atoms with van der Waals surface area (Å²) in [5.41, 5.74) is 15.1. The van der Waals surface area contributed by atoms with Gasteiger partial charge in [0.15, 0.2) is 53.1 Å². The van der Waals surface area contributed by atoms with Crippen LogP contribution in [0.4, 0.5) is 17.5 Å². The number of nitrogens with one attached hydrogen (secondary N) is 1. The molecule has 13 heterocycles. The Balaban J connectivity index is 0.000000171. The predicted molar refractivity (Wildman–Crippen MR) is 464 cm³/mol. The first-order valence-corrected chi connectivity index (χ1v) is 47.5. The van der Waals surface area contributed by atoms with Gasteiger partial charge in [-0.3, -0.25) is 41.6 Å². The molecule has 7 aromatic rings. The van der Waals surface area contributed by atoms with Gasteiger partial charge in [0, 0.05) is 58.8 Å². The van der Waals surface area contributed by atoms with E-state index < -0.39 is 121 Å². The lowest BCUT2D eigenvalue weighted by Crippen LogP contribution is -2.54. The number of imidazole rings is 3. The Kier molecular flexibility index (Phi) is 29.6. The van der Waals surface area contributed by atoms with Gasteiger partial charge in [0.25, 0.3) is 5.56 Å². The summed E-state index contributed by atoms with van der Waals surface area (Å²) in [7, 11) is -1.31. The van der Waals surface area contributed by atoms with Crippen molar-refractivity contribution in [3.63, 3.8) is 0 Å². The highest BCUT2D eigenvalue weighted by Gasteiger charge is 2.65. The highest BCUT2D eigenvalue weighted by Crippen LogP contribution is 2.61. The van der Waals surface area contributed by atoms with Gasteiger partial charge in [0.2, 0.25) is 0 Å². The van der Waals surface area contributed by atoms with Crippen LogP contribution in [0.1, 0.15) is 242 Å². The predicted octanol–water partition coefficient (Wildman–Crippen LogP) is 12.5. The summed E-state index contributed by atoms with van der Waals surface area (Å²) in [6.45, 7) is 41.9. The van der Waals surface area contributed by atoms with Gasteiger partial charge in [-0.25, -0.2) is 54.2 Å². The maximum Gasteiger partial charge on any atom is 0.473 e. The molecular weight excluding hydrogens is 1680 g/mol. The Morgan fingerprint density at radius 1 is 0.533 bits per heavy atom. The number of aromatic nitrogens is 14. The van der Waals surface area contributed by atoms with Crippen LogP contribution in [-0.2, 0) is 98.0 Å². The minimum Gasteiger partial charge on any atom is -0.385 e. The number of anilines is 3. The lowest BCUT2D eigenvalue weighted by molar-refractivity contribution is -0.195. The third-order valence-electron chi connectivity index (χ3n) is 20.1. The second kappa shape index (κ2) is 36.6. The quantitative estimate of drug-likeness (QED) is 0.0310. The van der Waals surface area contributed by atoms with Crippen LogP contribution in [0.15, 0.2) is 59.8 Å². The normalized spacial score (nSPS) is 28.7.